The van der Waals surface area contributed by atoms with Gasteiger partial charge in [-0.15, -0.1) is 0 Å². The molecule has 1 aromatic heterocycles. The molecule has 118 valence electrons. The fraction of sp³-hybridized carbons (Fsp3) is 0.500. The molecule has 1 N–H and O–H groups in total. The fourth-order valence-corrected chi connectivity index (χ4v) is 2.80. The Morgan fingerprint density at radius 3 is 2.95 bits per heavy atom. The lowest BCUT2D eigenvalue weighted by molar-refractivity contribution is 0.214. The molecule has 1 aromatic rings. The van der Waals surface area contributed by atoms with E-state index in [1.54, 1.807) is 12.3 Å². The van der Waals surface area contributed by atoms with Crippen molar-refractivity contribution >= 4 is 34.6 Å². The van der Waals surface area contributed by atoms with Gasteiger partial charge in [0.15, 0.2) is 5.11 Å². The van der Waals surface area contributed by atoms with Crippen molar-refractivity contribution in [2.24, 2.45) is 5.10 Å². The number of ether oxygens (including phenoxy) is 1. The van der Waals surface area contributed by atoms with Crippen molar-refractivity contribution in [2.75, 3.05) is 39.8 Å². The lowest BCUT2D eigenvalue weighted by Gasteiger charge is -2.33. The van der Waals surface area contributed by atoms with E-state index in [0.29, 0.717) is 28.9 Å². The van der Waals surface area contributed by atoms with Gasteiger partial charge in [-0.25, -0.2) is 4.98 Å². The number of thiocarbonyl (C=S) groups is 1. The third-order valence-corrected chi connectivity index (χ3v) is 4.32. The number of pyridine rings is 1. The maximum absolute atomic E-state index is 5.94. The molecule has 1 saturated heterocycles. The highest BCUT2D eigenvalue weighted by molar-refractivity contribution is 7.80. The highest BCUT2D eigenvalue weighted by Gasteiger charge is 2.20. The standard InChI is InChI=1S/C14H18ClN5OS/c1-19-3-5-20(6-4-19)14(22)18-17-11-2-7-21-12-8-10(15)9-16-13(11)12/h8-9H,2-7H2,1H3,(H,18,22)/b17-11-. The Balaban J connectivity index is 1.68. The number of hydrazone groups is 1. The summed E-state index contributed by atoms with van der Waals surface area (Å²) in [5.41, 5.74) is 4.56. The van der Waals surface area contributed by atoms with Gasteiger partial charge in [-0.2, -0.15) is 5.10 Å². The monoisotopic (exact) mass is 339 g/mol. The second-order valence-corrected chi connectivity index (χ2v) is 6.19. The molecular formula is C14H18ClN5OS. The van der Waals surface area contributed by atoms with Crippen molar-refractivity contribution in [1.82, 2.24) is 20.2 Å². The fourth-order valence-electron chi connectivity index (χ4n) is 2.43. The number of aromatic nitrogens is 1. The van der Waals surface area contributed by atoms with Crippen molar-refractivity contribution in [3.05, 3.63) is 23.0 Å². The Morgan fingerprint density at radius 1 is 1.41 bits per heavy atom. The van der Waals surface area contributed by atoms with E-state index in [2.05, 4.69) is 32.4 Å². The molecule has 0 aliphatic carbocycles. The van der Waals surface area contributed by atoms with Gasteiger partial charge in [-0.3, -0.25) is 5.43 Å². The van der Waals surface area contributed by atoms with E-state index in [1.165, 1.54) is 0 Å². The van der Waals surface area contributed by atoms with E-state index < -0.39 is 0 Å². The summed E-state index contributed by atoms with van der Waals surface area (Å²) in [5, 5.41) is 5.64. The molecule has 8 heteroatoms. The van der Waals surface area contributed by atoms with Crippen molar-refractivity contribution in [3.8, 4) is 5.75 Å². The third kappa shape index (κ3) is 3.48. The molecule has 22 heavy (non-hydrogen) atoms. The van der Waals surface area contributed by atoms with Crippen LogP contribution in [0.15, 0.2) is 17.4 Å². The molecule has 6 nitrogen and oxygen atoms in total. The SMILES string of the molecule is CN1CCN(C(=S)N/N=C2/CCOc3cc(Cl)cnc32)CC1. The molecule has 1 fully saturated rings. The quantitative estimate of drug-likeness (QED) is 0.615. The summed E-state index contributed by atoms with van der Waals surface area (Å²) in [5.74, 6) is 0.671. The van der Waals surface area contributed by atoms with Crippen molar-refractivity contribution < 1.29 is 4.74 Å². The first kappa shape index (κ1) is 15.5. The molecule has 0 radical (unpaired) electrons. The molecule has 2 aliphatic rings. The molecule has 0 amide bonds. The summed E-state index contributed by atoms with van der Waals surface area (Å²) in [6.45, 7) is 4.42. The molecule has 0 saturated carbocycles. The van der Waals surface area contributed by atoms with Crippen LogP contribution in [-0.4, -0.2) is 65.4 Å². The van der Waals surface area contributed by atoms with Crippen LogP contribution in [0.5, 0.6) is 5.75 Å². The largest absolute Gasteiger partial charge is 0.491 e. The second-order valence-electron chi connectivity index (χ2n) is 5.36. The summed E-state index contributed by atoms with van der Waals surface area (Å²) >= 11 is 11.4. The predicted molar refractivity (Wildman–Crippen MR) is 90.7 cm³/mol. The van der Waals surface area contributed by atoms with E-state index in [4.69, 9.17) is 28.6 Å². The number of likely N-dealkylation sites (N-methyl/N-ethyl adjacent to an activating group) is 1. The highest BCUT2D eigenvalue weighted by atomic mass is 35.5. The molecule has 3 heterocycles. The van der Waals surface area contributed by atoms with Crippen LogP contribution in [0.2, 0.25) is 5.02 Å². The summed E-state index contributed by atoms with van der Waals surface area (Å²) < 4.78 is 5.57. The maximum Gasteiger partial charge on any atom is 0.189 e. The van der Waals surface area contributed by atoms with E-state index >= 15 is 0 Å². The van der Waals surface area contributed by atoms with Crippen LogP contribution in [0.3, 0.4) is 0 Å². The van der Waals surface area contributed by atoms with Crippen LogP contribution in [0, 0.1) is 0 Å². The zero-order chi connectivity index (χ0) is 15.5. The number of nitrogens with zero attached hydrogens (tertiary/aromatic N) is 4. The molecule has 3 rings (SSSR count). The molecule has 0 bridgehead atoms. The van der Waals surface area contributed by atoms with Crippen molar-refractivity contribution in [1.29, 1.82) is 0 Å². The van der Waals surface area contributed by atoms with Gasteiger partial charge in [-0.05, 0) is 19.3 Å². The Hall–Kier alpha value is -1.44. The van der Waals surface area contributed by atoms with Crippen molar-refractivity contribution in [3.63, 3.8) is 0 Å². The molecule has 0 unspecified atom stereocenters. The first-order valence-corrected chi connectivity index (χ1v) is 8.01. The Bertz CT molecular complexity index is 601. The lowest BCUT2D eigenvalue weighted by Crippen LogP contribution is -2.49. The number of piperazine rings is 1. The minimum Gasteiger partial charge on any atom is -0.491 e. The molecule has 0 atom stereocenters. The predicted octanol–water partition coefficient (Wildman–Crippen LogP) is 1.34. The van der Waals surface area contributed by atoms with Gasteiger partial charge in [0.1, 0.15) is 11.4 Å². The minimum absolute atomic E-state index is 0.556. The topological polar surface area (TPSA) is 53.0 Å². The Morgan fingerprint density at radius 2 is 2.18 bits per heavy atom. The Kier molecular flexibility index (Phi) is 4.75. The number of halogens is 1. The maximum atomic E-state index is 5.94. The normalized spacial score (nSPS) is 20.5. The van der Waals surface area contributed by atoms with Crippen LogP contribution in [0.4, 0.5) is 0 Å². The lowest BCUT2D eigenvalue weighted by atomic mass is 10.1. The zero-order valence-electron chi connectivity index (χ0n) is 12.4. The van der Waals surface area contributed by atoms with Gasteiger partial charge in [0.25, 0.3) is 0 Å². The third-order valence-electron chi connectivity index (χ3n) is 3.77. The zero-order valence-corrected chi connectivity index (χ0v) is 14.0. The van der Waals surface area contributed by atoms with E-state index in [9.17, 15) is 0 Å². The number of hydrogen-bond donors (Lipinski definition) is 1. The van der Waals surface area contributed by atoms with Crippen LogP contribution in [0.1, 0.15) is 12.1 Å². The van der Waals surface area contributed by atoms with Gasteiger partial charge in [0, 0.05) is 44.9 Å². The molecule has 0 spiro atoms. The number of rotatable bonds is 1. The summed E-state index contributed by atoms with van der Waals surface area (Å²) in [6.07, 6.45) is 2.30. The smallest absolute Gasteiger partial charge is 0.189 e. The first-order chi connectivity index (χ1) is 10.6. The van der Waals surface area contributed by atoms with Gasteiger partial charge in [0.2, 0.25) is 0 Å². The van der Waals surface area contributed by atoms with Crippen LogP contribution < -0.4 is 10.2 Å². The molecular weight excluding hydrogens is 322 g/mol. The van der Waals surface area contributed by atoms with E-state index in [1.807, 2.05) is 0 Å². The van der Waals surface area contributed by atoms with E-state index in [0.717, 1.165) is 37.6 Å². The molecule has 2 aliphatic heterocycles. The first-order valence-electron chi connectivity index (χ1n) is 7.22. The number of nitrogens with one attached hydrogen (secondary N) is 1. The summed E-state index contributed by atoms with van der Waals surface area (Å²) in [4.78, 5) is 8.73. The van der Waals surface area contributed by atoms with E-state index in [-0.39, 0.29) is 0 Å². The van der Waals surface area contributed by atoms with Gasteiger partial charge in [-0.1, -0.05) is 11.6 Å². The molecule has 0 aromatic carbocycles. The van der Waals surface area contributed by atoms with Crippen LogP contribution >= 0.6 is 23.8 Å². The highest BCUT2D eigenvalue weighted by Crippen LogP contribution is 2.25. The van der Waals surface area contributed by atoms with Gasteiger partial charge >= 0.3 is 0 Å². The van der Waals surface area contributed by atoms with Crippen molar-refractivity contribution in [2.45, 2.75) is 6.42 Å². The summed E-state index contributed by atoms with van der Waals surface area (Å²) in [7, 11) is 2.11. The second kappa shape index (κ2) is 6.76. The minimum atomic E-state index is 0.556. The number of hydrogen-bond acceptors (Lipinski definition) is 5. The average Bonchev–Trinajstić information content (AvgIpc) is 2.52. The summed E-state index contributed by atoms with van der Waals surface area (Å²) in [6, 6.07) is 1.76. The van der Waals surface area contributed by atoms with Crippen LogP contribution in [0.25, 0.3) is 0 Å². The number of fused-ring (bicyclic) bond motifs is 1. The van der Waals surface area contributed by atoms with Gasteiger partial charge in [0.05, 0.1) is 17.3 Å². The Labute approximate surface area is 140 Å². The van der Waals surface area contributed by atoms with Crippen LogP contribution in [-0.2, 0) is 0 Å². The van der Waals surface area contributed by atoms with Gasteiger partial charge < -0.3 is 14.5 Å². The average molecular weight is 340 g/mol.